The lowest BCUT2D eigenvalue weighted by atomic mass is 10.5. The Hall–Kier alpha value is 0.0569. The van der Waals surface area contributed by atoms with Crippen molar-refractivity contribution in [3.8, 4) is 0 Å². The second-order valence-electron chi connectivity index (χ2n) is 3.85. The lowest BCUT2D eigenvalue weighted by molar-refractivity contribution is 0.117. The fourth-order valence-electron chi connectivity index (χ4n) is 1.15. The van der Waals surface area contributed by atoms with Gasteiger partial charge in [-0.1, -0.05) is 13.8 Å². The highest BCUT2D eigenvalue weighted by Gasteiger charge is 2.23. The van der Waals surface area contributed by atoms with Gasteiger partial charge >= 0.3 is 9.28 Å². The predicted octanol–water partition coefficient (Wildman–Crippen LogP) is 1.74. The molecule has 1 radical (unpaired) electrons. The molecule has 0 spiro atoms. The van der Waals surface area contributed by atoms with Crippen molar-refractivity contribution in [2.45, 2.75) is 38.8 Å². The van der Waals surface area contributed by atoms with Gasteiger partial charge in [-0.2, -0.15) is 0 Å². The minimum atomic E-state index is -1.11. The van der Waals surface area contributed by atoms with Crippen LogP contribution in [0.5, 0.6) is 0 Å². The highest BCUT2D eigenvalue weighted by atomic mass is 28.3. The van der Waals surface area contributed by atoms with Gasteiger partial charge in [-0.3, -0.25) is 0 Å². The minimum Gasteiger partial charge on any atom is -0.393 e. The number of rotatable bonds is 11. The first-order chi connectivity index (χ1) is 7.86. The fraction of sp³-hybridized carbons (Fsp3) is 1.00. The summed E-state index contributed by atoms with van der Waals surface area (Å²) in [5.74, 6) is 0. The smallest absolute Gasteiger partial charge is 0.386 e. The van der Waals surface area contributed by atoms with E-state index in [9.17, 15) is 0 Å². The Balaban J connectivity index is 1.99. The molecule has 0 bridgehead atoms. The number of ether oxygens (including phenoxy) is 2. The molecule has 16 heavy (non-hydrogen) atoms. The van der Waals surface area contributed by atoms with Crippen LogP contribution in [-0.4, -0.2) is 48.4 Å². The molecule has 4 nitrogen and oxygen atoms in total. The standard InChI is InChI=1S/C11H23O4Si/c1-3-5-14-16(15-6-4-2)8-7-12-9-11-10-13-11/h11H,3-10H2,1-2H3. The first-order valence-electron chi connectivity index (χ1n) is 6.17. The predicted molar refractivity (Wildman–Crippen MR) is 63.6 cm³/mol. The maximum absolute atomic E-state index is 5.68. The molecule has 1 atom stereocenters. The summed E-state index contributed by atoms with van der Waals surface area (Å²) < 4.78 is 21.9. The van der Waals surface area contributed by atoms with E-state index in [-0.39, 0.29) is 0 Å². The molecular formula is C11H23O4Si. The minimum absolute atomic E-state index is 0.351. The van der Waals surface area contributed by atoms with E-state index in [0.29, 0.717) is 6.10 Å². The van der Waals surface area contributed by atoms with E-state index in [1.54, 1.807) is 0 Å². The molecule has 0 amide bonds. The third-order valence-electron chi connectivity index (χ3n) is 2.09. The highest BCUT2D eigenvalue weighted by molar-refractivity contribution is 6.44. The van der Waals surface area contributed by atoms with E-state index in [1.807, 2.05) is 0 Å². The van der Waals surface area contributed by atoms with Gasteiger partial charge in [0.25, 0.3) is 0 Å². The SMILES string of the molecule is CCCO[Si](CCOCC1CO1)OCCC. The second kappa shape index (κ2) is 9.12. The van der Waals surface area contributed by atoms with Gasteiger partial charge in [0, 0.05) is 25.9 Å². The second-order valence-corrected chi connectivity index (χ2v) is 5.67. The van der Waals surface area contributed by atoms with Crippen molar-refractivity contribution >= 4 is 9.28 Å². The fourth-order valence-corrected chi connectivity index (χ4v) is 2.70. The Labute approximate surface area is 100 Å². The molecule has 1 unspecified atom stereocenters. The van der Waals surface area contributed by atoms with Crippen molar-refractivity contribution in [2.75, 3.05) is 33.0 Å². The molecule has 0 saturated carbocycles. The van der Waals surface area contributed by atoms with Crippen LogP contribution in [0.2, 0.25) is 6.04 Å². The molecule has 95 valence electrons. The van der Waals surface area contributed by atoms with Crippen LogP contribution < -0.4 is 0 Å². The first kappa shape index (κ1) is 14.1. The molecule has 0 aliphatic carbocycles. The Morgan fingerprint density at radius 1 is 1.12 bits per heavy atom. The summed E-state index contributed by atoms with van der Waals surface area (Å²) in [6, 6.07) is 0.900. The molecule has 0 aromatic carbocycles. The summed E-state index contributed by atoms with van der Waals surface area (Å²) in [5.41, 5.74) is 0. The zero-order valence-electron chi connectivity index (χ0n) is 10.4. The first-order valence-corrected chi connectivity index (χ1v) is 7.70. The van der Waals surface area contributed by atoms with Gasteiger partial charge in [0.1, 0.15) is 6.10 Å². The van der Waals surface area contributed by atoms with Crippen LogP contribution in [0.3, 0.4) is 0 Å². The molecule has 1 fully saturated rings. The van der Waals surface area contributed by atoms with Crippen molar-refractivity contribution in [1.29, 1.82) is 0 Å². The molecule has 0 N–H and O–H groups in total. The maximum Gasteiger partial charge on any atom is 0.386 e. The quantitative estimate of drug-likeness (QED) is 0.317. The Morgan fingerprint density at radius 3 is 2.25 bits per heavy atom. The van der Waals surface area contributed by atoms with Gasteiger partial charge in [0.05, 0.1) is 13.2 Å². The Bertz CT molecular complexity index is 156. The van der Waals surface area contributed by atoms with Gasteiger partial charge in [-0.15, -0.1) is 0 Å². The van der Waals surface area contributed by atoms with Crippen molar-refractivity contribution in [3.63, 3.8) is 0 Å². The van der Waals surface area contributed by atoms with Crippen LogP contribution >= 0.6 is 0 Å². The van der Waals surface area contributed by atoms with Crippen LogP contribution in [-0.2, 0) is 18.3 Å². The molecule has 1 aliphatic heterocycles. The third-order valence-corrected chi connectivity index (χ3v) is 3.76. The number of epoxide rings is 1. The average Bonchev–Trinajstić information content (AvgIpc) is 3.11. The van der Waals surface area contributed by atoms with Crippen LogP contribution in [0.1, 0.15) is 26.7 Å². The summed E-state index contributed by atoms with van der Waals surface area (Å²) in [5, 5.41) is 0. The largest absolute Gasteiger partial charge is 0.393 e. The third kappa shape index (κ3) is 7.35. The van der Waals surface area contributed by atoms with Crippen molar-refractivity contribution < 1.29 is 18.3 Å². The monoisotopic (exact) mass is 247 g/mol. The molecular weight excluding hydrogens is 224 g/mol. The summed E-state index contributed by atoms with van der Waals surface area (Å²) >= 11 is 0. The summed E-state index contributed by atoms with van der Waals surface area (Å²) in [6.07, 6.45) is 2.43. The van der Waals surface area contributed by atoms with Gasteiger partial charge in [0.15, 0.2) is 0 Å². The zero-order chi connectivity index (χ0) is 11.6. The van der Waals surface area contributed by atoms with Crippen LogP contribution in [0, 0.1) is 0 Å². The zero-order valence-corrected chi connectivity index (χ0v) is 11.4. The van der Waals surface area contributed by atoms with Crippen molar-refractivity contribution in [2.24, 2.45) is 0 Å². The van der Waals surface area contributed by atoms with E-state index in [0.717, 1.165) is 51.9 Å². The molecule has 1 heterocycles. The summed E-state index contributed by atoms with van der Waals surface area (Å²) in [6.45, 7) is 8.11. The topological polar surface area (TPSA) is 40.2 Å². The molecule has 1 saturated heterocycles. The van der Waals surface area contributed by atoms with E-state index >= 15 is 0 Å². The lowest BCUT2D eigenvalue weighted by Gasteiger charge is -2.14. The van der Waals surface area contributed by atoms with E-state index in [2.05, 4.69) is 13.8 Å². The van der Waals surface area contributed by atoms with Crippen LogP contribution in [0.25, 0.3) is 0 Å². The van der Waals surface area contributed by atoms with Crippen molar-refractivity contribution in [3.05, 3.63) is 0 Å². The highest BCUT2D eigenvalue weighted by Crippen LogP contribution is 2.09. The summed E-state index contributed by atoms with van der Waals surface area (Å²) in [4.78, 5) is 0. The van der Waals surface area contributed by atoms with Gasteiger partial charge < -0.3 is 18.3 Å². The Morgan fingerprint density at radius 2 is 1.75 bits per heavy atom. The molecule has 1 aliphatic rings. The molecule has 0 aromatic rings. The molecule has 5 heteroatoms. The van der Waals surface area contributed by atoms with Gasteiger partial charge in [0.2, 0.25) is 0 Å². The molecule has 1 rings (SSSR count). The Kier molecular flexibility index (Phi) is 8.05. The van der Waals surface area contributed by atoms with Crippen LogP contribution in [0.15, 0.2) is 0 Å². The van der Waals surface area contributed by atoms with Crippen molar-refractivity contribution in [1.82, 2.24) is 0 Å². The number of hydrogen-bond donors (Lipinski definition) is 0. The van der Waals surface area contributed by atoms with Gasteiger partial charge in [-0.05, 0) is 12.8 Å². The van der Waals surface area contributed by atoms with Gasteiger partial charge in [-0.25, -0.2) is 0 Å². The molecule has 0 aromatic heterocycles. The summed E-state index contributed by atoms with van der Waals surface area (Å²) in [7, 11) is -1.11. The van der Waals surface area contributed by atoms with E-state index < -0.39 is 9.28 Å². The van der Waals surface area contributed by atoms with Crippen LogP contribution in [0.4, 0.5) is 0 Å². The van der Waals surface area contributed by atoms with E-state index in [1.165, 1.54) is 0 Å². The van der Waals surface area contributed by atoms with E-state index in [4.69, 9.17) is 18.3 Å². The normalized spacial score (nSPS) is 19.3. The average molecular weight is 247 g/mol. The maximum atomic E-state index is 5.68. The lowest BCUT2D eigenvalue weighted by Crippen LogP contribution is -2.25. The number of hydrogen-bond acceptors (Lipinski definition) is 4.